The van der Waals surface area contributed by atoms with Crippen LogP contribution in [-0.4, -0.2) is 40.7 Å². The van der Waals surface area contributed by atoms with Crippen molar-refractivity contribution in [1.82, 2.24) is 9.47 Å². The highest BCUT2D eigenvalue weighted by Crippen LogP contribution is 2.16. The van der Waals surface area contributed by atoms with E-state index in [9.17, 15) is 4.79 Å². The lowest BCUT2D eigenvalue weighted by molar-refractivity contribution is -0.143. The Kier molecular flexibility index (Phi) is 3.49. The molecule has 106 valence electrons. The lowest BCUT2D eigenvalue weighted by atomic mass is 10.2. The Labute approximate surface area is 118 Å². The average molecular weight is 272 g/mol. The van der Waals surface area contributed by atoms with Gasteiger partial charge in [0.15, 0.2) is 0 Å². The van der Waals surface area contributed by atoms with Gasteiger partial charge in [-0.2, -0.15) is 0 Å². The lowest BCUT2D eigenvalue weighted by Crippen LogP contribution is -2.49. The van der Waals surface area contributed by atoms with Crippen LogP contribution in [0.1, 0.15) is 13.8 Å². The van der Waals surface area contributed by atoms with Crippen molar-refractivity contribution in [2.75, 3.05) is 13.1 Å². The van der Waals surface area contributed by atoms with Gasteiger partial charge >= 0.3 is 0 Å². The van der Waals surface area contributed by atoms with Crippen molar-refractivity contribution in [2.45, 2.75) is 32.6 Å². The van der Waals surface area contributed by atoms with Gasteiger partial charge in [0.05, 0.1) is 12.2 Å². The van der Waals surface area contributed by atoms with Crippen LogP contribution < -0.4 is 0 Å². The normalized spacial score (nSPS) is 23.2. The molecule has 1 aromatic heterocycles. The fraction of sp³-hybridized carbons (Fsp3) is 0.438. The molecule has 2 aromatic rings. The number of amides is 1. The number of morpholine rings is 1. The van der Waals surface area contributed by atoms with Gasteiger partial charge in [0, 0.05) is 24.8 Å². The smallest absolute Gasteiger partial charge is 0.242 e. The van der Waals surface area contributed by atoms with Crippen LogP contribution in [0.5, 0.6) is 0 Å². The molecule has 0 saturated carbocycles. The summed E-state index contributed by atoms with van der Waals surface area (Å²) in [6.07, 6.45) is 2.21. The molecule has 0 aliphatic carbocycles. The molecule has 1 aliphatic heterocycles. The fourth-order valence-electron chi connectivity index (χ4n) is 2.91. The van der Waals surface area contributed by atoms with Crippen LogP contribution in [0, 0.1) is 0 Å². The SMILES string of the molecule is C[C@@H]1CN(C(=O)Cn2ccc3ccccc32)C[C@H](C)O1. The summed E-state index contributed by atoms with van der Waals surface area (Å²) in [7, 11) is 0. The molecule has 1 amide bonds. The molecule has 0 unspecified atom stereocenters. The number of carbonyl (C=O) groups is 1. The molecule has 2 heterocycles. The molecule has 1 fully saturated rings. The number of hydrogen-bond acceptors (Lipinski definition) is 2. The highest BCUT2D eigenvalue weighted by atomic mass is 16.5. The number of carbonyl (C=O) groups excluding carboxylic acids is 1. The predicted molar refractivity (Wildman–Crippen MR) is 78.5 cm³/mol. The van der Waals surface area contributed by atoms with E-state index in [-0.39, 0.29) is 18.1 Å². The summed E-state index contributed by atoms with van der Waals surface area (Å²) in [5, 5.41) is 1.17. The molecule has 1 aliphatic rings. The molecular weight excluding hydrogens is 252 g/mol. The third-order valence-corrected chi connectivity index (χ3v) is 3.76. The standard InChI is InChI=1S/C16H20N2O2/c1-12-9-18(10-13(2)20-12)16(19)11-17-8-7-14-5-3-4-6-15(14)17/h3-8,12-13H,9-11H2,1-2H3/t12-,13+. The van der Waals surface area contributed by atoms with Gasteiger partial charge in [-0.15, -0.1) is 0 Å². The van der Waals surface area contributed by atoms with Gasteiger partial charge < -0.3 is 14.2 Å². The predicted octanol–water partition coefficient (Wildman–Crippen LogP) is 2.28. The molecule has 4 heteroatoms. The first-order valence-corrected chi connectivity index (χ1v) is 7.10. The van der Waals surface area contributed by atoms with Gasteiger partial charge in [-0.05, 0) is 31.4 Å². The Hall–Kier alpha value is -1.81. The molecule has 4 nitrogen and oxygen atoms in total. The summed E-state index contributed by atoms with van der Waals surface area (Å²) in [6.45, 7) is 5.79. The molecule has 2 atom stereocenters. The first-order valence-electron chi connectivity index (χ1n) is 7.10. The molecule has 0 radical (unpaired) electrons. The van der Waals surface area contributed by atoms with E-state index in [0.717, 1.165) is 5.52 Å². The maximum atomic E-state index is 12.4. The summed E-state index contributed by atoms with van der Waals surface area (Å²) >= 11 is 0. The maximum Gasteiger partial charge on any atom is 0.242 e. The number of ether oxygens (including phenoxy) is 1. The van der Waals surface area contributed by atoms with Crippen LogP contribution in [0.25, 0.3) is 10.9 Å². The van der Waals surface area contributed by atoms with E-state index in [1.807, 2.05) is 53.8 Å². The number of rotatable bonds is 2. The second kappa shape index (κ2) is 5.29. The van der Waals surface area contributed by atoms with Crippen molar-refractivity contribution >= 4 is 16.8 Å². The Bertz CT molecular complexity index is 610. The quantitative estimate of drug-likeness (QED) is 0.840. The highest BCUT2D eigenvalue weighted by molar-refractivity contribution is 5.83. The van der Waals surface area contributed by atoms with Gasteiger partial charge in [-0.25, -0.2) is 0 Å². The molecule has 0 bridgehead atoms. The minimum atomic E-state index is 0.115. The van der Waals surface area contributed by atoms with Gasteiger partial charge in [-0.1, -0.05) is 18.2 Å². The zero-order valence-corrected chi connectivity index (χ0v) is 12.0. The number of para-hydroxylation sites is 1. The van der Waals surface area contributed by atoms with Crippen LogP contribution >= 0.6 is 0 Å². The van der Waals surface area contributed by atoms with E-state index in [4.69, 9.17) is 4.74 Å². The molecule has 20 heavy (non-hydrogen) atoms. The van der Waals surface area contributed by atoms with Crippen molar-refractivity contribution in [1.29, 1.82) is 0 Å². The number of nitrogens with zero attached hydrogens (tertiary/aromatic N) is 2. The number of aromatic nitrogens is 1. The van der Waals surface area contributed by atoms with Crippen LogP contribution in [-0.2, 0) is 16.1 Å². The largest absolute Gasteiger partial charge is 0.372 e. The van der Waals surface area contributed by atoms with Crippen molar-refractivity contribution < 1.29 is 9.53 Å². The first kappa shape index (κ1) is 13.2. The minimum Gasteiger partial charge on any atom is -0.372 e. The van der Waals surface area contributed by atoms with E-state index in [1.54, 1.807) is 0 Å². The fourth-order valence-corrected chi connectivity index (χ4v) is 2.91. The Morgan fingerprint density at radius 1 is 1.20 bits per heavy atom. The second-order valence-electron chi connectivity index (χ2n) is 5.56. The third-order valence-electron chi connectivity index (χ3n) is 3.76. The van der Waals surface area contributed by atoms with Gasteiger partial charge in [-0.3, -0.25) is 4.79 Å². The number of hydrogen-bond donors (Lipinski definition) is 0. The third kappa shape index (κ3) is 2.56. The van der Waals surface area contributed by atoms with Crippen LogP contribution in [0.15, 0.2) is 36.5 Å². The molecule has 0 N–H and O–H groups in total. The van der Waals surface area contributed by atoms with Crippen LogP contribution in [0.3, 0.4) is 0 Å². The van der Waals surface area contributed by atoms with Crippen molar-refractivity contribution in [3.8, 4) is 0 Å². The zero-order valence-electron chi connectivity index (χ0n) is 12.0. The molecule has 1 aromatic carbocycles. The Balaban J connectivity index is 1.75. The summed E-state index contributed by atoms with van der Waals surface area (Å²) < 4.78 is 7.69. The van der Waals surface area contributed by atoms with Crippen molar-refractivity contribution in [2.24, 2.45) is 0 Å². The first-order chi connectivity index (χ1) is 9.63. The van der Waals surface area contributed by atoms with E-state index >= 15 is 0 Å². The van der Waals surface area contributed by atoms with Crippen LogP contribution in [0.2, 0.25) is 0 Å². The topological polar surface area (TPSA) is 34.5 Å². The lowest BCUT2D eigenvalue weighted by Gasteiger charge is -2.35. The summed E-state index contributed by atoms with van der Waals surface area (Å²) in [5.74, 6) is 0.161. The number of fused-ring (bicyclic) bond motifs is 1. The van der Waals surface area contributed by atoms with E-state index in [1.165, 1.54) is 5.39 Å². The van der Waals surface area contributed by atoms with E-state index in [0.29, 0.717) is 19.6 Å². The molecule has 1 saturated heterocycles. The van der Waals surface area contributed by atoms with Crippen LogP contribution in [0.4, 0.5) is 0 Å². The minimum absolute atomic E-state index is 0.115. The maximum absolute atomic E-state index is 12.4. The van der Waals surface area contributed by atoms with E-state index in [2.05, 4.69) is 6.07 Å². The summed E-state index contributed by atoms with van der Waals surface area (Å²) in [5.41, 5.74) is 1.11. The monoisotopic (exact) mass is 272 g/mol. The van der Waals surface area contributed by atoms with Gasteiger partial charge in [0.2, 0.25) is 5.91 Å². The Morgan fingerprint density at radius 2 is 1.90 bits per heavy atom. The summed E-state index contributed by atoms with van der Waals surface area (Å²) in [4.78, 5) is 14.4. The summed E-state index contributed by atoms with van der Waals surface area (Å²) in [6, 6.07) is 10.2. The second-order valence-corrected chi connectivity index (χ2v) is 5.56. The van der Waals surface area contributed by atoms with Gasteiger partial charge in [0.1, 0.15) is 6.54 Å². The number of benzene rings is 1. The molecule has 3 rings (SSSR count). The van der Waals surface area contributed by atoms with Gasteiger partial charge in [0.25, 0.3) is 0 Å². The average Bonchev–Trinajstić information content (AvgIpc) is 2.81. The van der Waals surface area contributed by atoms with Crippen molar-refractivity contribution in [3.05, 3.63) is 36.5 Å². The van der Waals surface area contributed by atoms with E-state index < -0.39 is 0 Å². The molecular formula is C16H20N2O2. The molecule has 0 spiro atoms. The zero-order chi connectivity index (χ0) is 14.1. The Morgan fingerprint density at radius 3 is 2.65 bits per heavy atom. The van der Waals surface area contributed by atoms with Crippen molar-refractivity contribution in [3.63, 3.8) is 0 Å². The highest BCUT2D eigenvalue weighted by Gasteiger charge is 2.25.